The highest BCUT2D eigenvalue weighted by molar-refractivity contribution is 8.00. The van der Waals surface area contributed by atoms with E-state index in [2.05, 4.69) is 20.8 Å². The summed E-state index contributed by atoms with van der Waals surface area (Å²) >= 11 is 1.30. The molecule has 0 saturated heterocycles. The number of benzene rings is 2. The van der Waals surface area contributed by atoms with E-state index < -0.39 is 0 Å². The van der Waals surface area contributed by atoms with Crippen LogP contribution in [-0.2, 0) is 4.79 Å². The zero-order valence-electron chi connectivity index (χ0n) is 16.3. The van der Waals surface area contributed by atoms with Crippen LogP contribution in [0.5, 0.6) is 5.75 Å². The van der Waals surface area contributed by atoms with E-state index in [-0.39, 0.29) is 11.2 Å². The van der Waals surface area contributed by atoms with Crippen LogP contribution >= 0.6 is 11.8 Å². The Morgan fingerprint density at radius 2 is 1.93 bits per heavy atom. The van der Waals surface area contributed by atoms with Crippen molar-refractivity contribution in [3.63, 3.8) is 0 Å². The van der Waals surface area contributed by atoms with Crippen LogP contribution in [0.25, 0.3) is 5.69 Å². The number of rotatable bonds is 7. The zero-order chi connectivity index (χ0) is 20.1. The van der Waals surface area contributed by atoms with Gasteiger partial charge < -0.3 is 10.1 Å². The van der Waals surface area contributed by atoms with Crippen molar-refractivity contribution in [3.05, 3.63) is 53.6 Å². The topological polar surface area (TPSA) is 81.9 Å². The van der Waals surface area contributed by atoms with Gasteiger partial charge >= 0.3 is 0 Å². The number of nitrogens with zero attached hydrogens (tertiary/aromatic N) is 4. The predicted octanol–water partition coefficient (Wildman–Crippen LogP) is 3.80. The number of aromatic nitrogens is 4. The summed E-state index contributed by atoms with van der Waals surface area (Å²) < 4.78 is 7.07. The first-order valence-electron chi connectivity index (χ1n) is 9.04. The third kappa shape index (κ3) is 4.69. The van der Waals surface area contributed by atoms with Gasteiger partial charge in [0.1, 0.15) is 5.75 Å². The number of carbonyl (C=O) groups is 1. The van der Waals surface area contributed by atoms with Crippen molar-refractivity contribution in [2.75, 3.05) is 11.9 Å². The fourth-order valence-corrected chi connectivity index (χ4v) is 3.35. The molecule has 8 heteroatoms. The second-order valence-corrected chi connectivity index (χ2v) is 7.66. The summed E-state index contributed by atoms with van der Waals surface area (Å²) in [5.74, 6) is 0.684. The number of ether oxygens (including phenoxy) is 1. The Morgan fingerprint density at radius 3 is 2.61 bits per heavy atom. The van der Waals surface area contributed by atoms with Crippen molar-refractivity contribution in [2.24, 2.45) is 0 Å². The lowest BCUT2D eigenvalue weighted by Crippen LogP contribution is -2.23. The highest BCUT2D eigenvalue weighted by Gasteiger charge is 2.19. The number of tetrazole rings is 1. The molecule has 146 valence electrons. The number of aryl methyl sites for hydroxylation is 2. The van der Waals surface area contributed by atoms with Crippen molar-refractivity contribution in [1.29, 1.82) is 0 Å². The van der Waals surface area contributed by atoms with Gasteiger partial charge in [0.2, 0.25) is 11.1 Å². The molecule has 0 aliphatic heterocycles. The molecule has 3 aromatic rings. The Hall–Kier alpha value is -2.87. The molecule has 0 saturated carbocycles. The maximum absolute atomic E-state index is 12.6. The zero-order valence-corrected chi connectivity index (χ0v) is 17.2. The van der Waals surface area contributed by atoms with E-state index in [0.717, 1.165) is 22.7 Å². The fourth-order valence-electron chi connectivity index (χ4n) is 2.54. The second kappa shape index (κ2) is 8.88. The third-order valence-corrected chi connectivity index (χ3v) is 5.29. The van der Waals surface area contributed by atoms with Crippen molar-refractivity contribution in [1.82, 2.24) is 20.2 Å². The first-order chi connectivity index (χ1) is 13.5. The van der Waals surface area contributed by atoms with Gasteiger partial charge in [-0.15, -0.1) is 5.10 Å². The van der Waals surface area contributed by atoms with Crippen molar-refractivity contribution in [3.8, 4) is 11.4 Å². The summed E-state index contributed by atoms with van der Waals surface area (Å²) in [5.41, 5.74) is 3.91. The van der Waals surface area contributed by atoms with Crippen LogP contribution < -0.4 is 10.1 Å². The van der Waals surface area contributed by atoms with Crippen molar-refractivity contribution >= 4 is 23.4 Å². The maximum atomic E-state index is 12.6. The Morgan fingerprint density at radius 1 is 1.18 bits per heavy atom. The molecule has 2 aromatic carbocycles. The van der Waals surface area contributed by atoms with Gasteiger partial charge in [0, 0.05) is 5.69 Å². The largest absolute Gasteiger partial charge is 0.494 e. The first kappa shape index (κ1) is 19.9. The molecule has 1 N–H and O–H groups in total. The molecule has 1 amide bonds. The Balaban J connectivity index is 1.69. The minimum atomic E-state index is -0.367. The Bertz CT molecular complexity index is 955. The molecular formula is C20H23N5O2S. The molecule has 1 heterocycles. The number of carbonyl (C=O) groups excluding carboxylic acids is 1. The normalized spacial score (nSPS) is 11.9. The summed E-state index contributed by atoms with van der Waals surface area (Å²) in [6.07, 6.45) is 0. The monoisotopic (exact) mass is 397 g/mol. The standard InChI is InChI=1S/C20H23N5O2S/c1-5-27-18-10-8-17(9-11-18)25-20(22-23-24-25)28-15(4)19(26)21-16-7-6-13(2)14(3)12-16/h6-12,15H,5H2,1-4H3,(H,21,26)/t15-/m0/s1. The quantitative estimate of drug-likeness (QED) is 0.611. The number of anilines is 1. The van der Waals surface area contributed by atoms with Crippen molar-refractivity contribution < 1.29 is 9.53 Å². The van der Waals surface area contributed by atoms with Crippen LogP contribution in [0.2, 0.25) is 0 Å². The summed E-state index contributed by atoms with van der Waals surface area (Å²) in [6, 6.07) is 13.4. The molecule has 7 nitrogen and oxygen atoms in total. The van der Waals surface area contributed by atoms with Gasteiger partial charge in [-0.05, 0) is 85.6 Å². The third-order valence-electron chi connectivity index (χ3n) is 4.26. The fraction of sp³-hybridized carbons (Fsp3) is 0.300. The molecule has 0 aliphatic rings. The predicted molar refractivity (Wildman–Crippen MR) is 110 cm³/mol. The molecule has 0 unspecified atom stereocenters. The van der Waals surface area contributed by atoms with Gasteiger partial charge in [-0.3, -0.25) is 4.79 Å². The van der Waals surface area contributed by atoms with Crippen molar-refractivity contribution in [2.45, 2.75) is 38.1 Å². The molecule has 0 spiro atoms. The molecular weight excluding hydrogens is 374 g/mol. The molecule has 3 rings (SSSR count). The number of thioether (sulfide) groups is 1. The lowest BCUT2D eigenvalue weighted by Gasteiger charge is -2.13. The van der Waals surface area contributed by atoms with Gasteiger partial charge in [0.25, 0.3) is 0 Å². The first-order valence-corrected chi connectivity index (χ1v) is 9.92. The molecule has 1 aromatic heterocycles. The number of hydrogen-bond acceptors (Lipinski definition) is 6. The number of amides is 1. The highest BCUT2D eigenvalue weighted by Crippen LogP contribution is 2.25. The van der Waals surface area contributed by atoms with Crippen LogP contribution in [0, 0.1) is 13.8 Å². The maximum Gasteiger partial charge on any atom is 0.237 e. The van der Waals surface area contributed by atoms with E-state index in [1.54, 1.807) is 4.68 Å². The van der Waals surface area contributed by atoms with Gasteiger partial charge in [-0.2, -0.15) is 4.68 Å². The van der Waals surface area contributed by atoms with Crippen LogP contribution in [0.4, 0.5) is 5.69 Å². The highest BCUT2D eigenvalue weighted by atomic mass is 32.2. The summed E-state index contributed by atoms with van der Waals surface area (Å²) in [6.45, 7) is 8.44. The number of nitrogens with one attached hydrogen (secondary N) is 1. The van der Waals surface area contributed by atoms with Crippen LogP contribution in [0.15, 0.2) is 47.6 Å². The van der Waals surface area contributed by atoms with Gasteiger partial charge in [-0.25, -0.2) is 0 Å². The molecule has 0 aliphatic carbocycles. The average Bonchev–Trinajstić information content (AvgIpc) is 3.13. The smallest absolute Gasteiger partial charge is 0.237 e. The summed E-state index contributed by atoms with van der Waals surface area (Å²) in [4.78, 5) is 12.6. The second-order valence-electron chi connectivity index (χ2n) is 6.35. The van der Waals surface area contributed by atoms with E-state index in [0.29, 0.717) is 11.8 Å². The summed E-state index contributed by atoms with van der Waals surface area (Å²) in [7, 11) is 0. The SMILES string of the molecule is CCOc1ccc(-n2nnnc2S[C@@H](C)C(=O)Nc2ccc(C)c(C)c2)cc1. The molecule has 0 bridgehead atoms. The van der Waals surface area contributed by atoms with Gasteiger partial charge in [0.05, 0.1) is 17.5 Å². The minimum Gasteiger partial charge on any atom is -0.494 e. The Kier molecular flexibility index (Phi) is 6.30. The van der Waals surface area contributed by atoms with E-state index in [9.17, 15) is 4.79 Å². The van der Waals surface area contributed by atoms with Crippen LogP contribution in [0.1, 0.15) is 25.0 Å². The van der Waals surface area contributed by atoms with E-state index in [1.165, 1.54) is 17.3 Å². The lowest BCUT2D eigenvalue weighted by molar-refractivity contribution is -0.115. The molecule has 0 fully saturated rings. The number of hydrogen-bond donors (Lipinski definition) is 1. The van der Waals surface area contributed by atoms with Gasteiger partial charge in [0.15, 0.2) is 0 Å². The molecule has 1 atom stereocenters. The molecule has 28 heavy (non-hydrogen) atoms. The molecule has 0 radical (unpaired) electrons. The van der Waals surface area contributed by atoms with Gasteiger partial charge in [-0.1, -0.05) is 17.8 Å². The van der Waals surface area contributed by atoms with E-state index in [4.69, 9.17) is 4.74 Å². The van der Waals surface area contributed by atoms with Crippen LogP contribution in [-0.4, -0.2) is 38.0 Å². The Labute approximate surface area is 168 Å². The lowest BCUT2D eigenvalue weighted by atomic mass is 10.1. The van der Waals surface area contributed by atoms with Crippen LogP contribution in [0.3, 0.4) is 0 Å². The average molecular weight is 398 g/mol. The van der Waals surface area contributed by atoms with E-state index in [1.807, 2.05) is 70.2 Å². The van der Waals surface area contributed by atoms with E-state index >= 15 is 0 Å². The summed E-state index contributed by atoms with van der Waals surface area (Å²) in [5, 5.41) is 15.0. The minimum absolute atomic E-state index is 0.102.